The van der Waals surface area contributed by atoms with E-state index >= 15 is 0 Å². The molecule has 2 aromatic carbocycles. The number of aliphatic carboxylic acids is 1. The lowest BCUT2D eigenvalue weighted by Gasteiger charge is -2.15. The molecule has 0 heterocycles. The quantitative estimate of drug-likeness (QED) is 0.379. The van der Waals surface area contributed by atoms with Gasteiger partial charge in [0.2, 0.25) is 15.9 Å². The molecule has 0 radical (unpaired) electrons. The first kappa shape index (κ1) is 25.9. The average molecular weight is 604 g/mol. The molecule has 174 valence electrons. The van der Waals surface area contributed by atoms with Crippen LogP contribution in [0, 0.1) is 0 Å². The standard InChI is InChI=1S/C18H15Br2F3N2O6S/c1-32(29,30)25-12-3-9(2-10(4-12)18(21,22)23)8-31-17-13(19)5-11(6-14(17)20)24-15(26)7-16(27)28/h2-6,25H,7-8H2,1H3,(H,24,26)(H,27,28). The lowest BCUT2D eigenvalue weighted by molar-refractivity contribution is -0.140. The number of alkyl halides is 3. The van der Waals surface area contributed by atoms with Crippen LogP contribution in [0.3, 0.4) is 0 Å². The van der Waals surface area contributed by atoms with E-state index in [1.54, 1.807) is 0 Å². The summed E-state index contributed by atoms with van der Waals surface area (Å²) in [5.41, 5.74) is -1.03. The number of nitrogens with one attached hydrogen (secondary N) is 2. The van der Waals surface area contributed by atoms with Gasteiger partial charge < -0.3 is 15.2 Å². The fourth-order valence-electron chi connectivity index (χ4n) is 2.48. The molecule has 0 aromatic heterocycles. The molecule has 0 atom stereocenters. The van der Waals surface area contributed by atoms with E-state index in [2.05, 4.69) is 37.2 Å². The number of ether oxygens (including phenoxy) is 1. The van der Waals surface area contributed by atoms with Crippen molar-refractivity contribution in [3.8, 4) is 5.75 Å². The van der Waals surface area contributed by atoms with Crippen LogP contribution in [-0.2, 0) is 32.4 Å². The van der Waals surface area contributed by atoms with Crippen LogP contribution < -0.4 is 14.8 Å². The number of sulfonamides is 1. The molecule has 3 N–H and O–H groups in total. The van der Waals surface area contributed by atoms with Gasteiger partial charge in [0.15, 0.2) is 0 Å². The second-order valence-electron chi connectivity index (χ2n) is 6.47. The third kappa shape index (κ3) is 7.98. The third-order valence-corrected chi connectivity index (χ3v) is 5.38. The molecule has 14 heteroatoms. The number of carboxylic acids is 1. The number of carboxylic acid groups (broad SMARTS) is 1. The van der Waals surface area contributed by atoms with Gasteiger partial charge in [-0.25, -0.2) is 8.42 Å². The minimum absolute atomic E-state index is 0.0450. The van der Waals surface area contributed by atoms with E-state index in [1.165, 1.54) is 18.2 Å². The number of rotatable bonds is 8. The molecule has 2 aromatic rings. The minimum atomic E-state index is -4.71. The van der Waals surface area contributed by atoms with Gasteiger partial charge in [-0.15, -0.1) is 0 Å². The number of halogens is 5. The molecule has 0 aliphatic carbocycles. The summed E-state index contributed by atoms with van der Waals surface area (Å²) < 4.78 is 70.6. The number of carbonyl (C=O) groups excluding carboxylic acids is 1. The molecule has 32 heavy (non-hydrogen) atoms. The van der Waals surface area contributed by atoms with Gasteiger partial charge in [0.25, 0.3) is 0 Å². The first-order valence-corrected chi connectivity index (χ1v) is 11.9. The Labute approximate surface area is 197 Å². The summed E-state index contributed by atoms with van der Waals surface area (Å²) in [6, 6.07) is 5.55. The van der Waals surface area contributed by atoms with Crippen molar-refractivity contribution in [3.05, 3.63) is 50.4 Å². The molecule has 8 nitrogen and oxygen atoms in total. The van der Waals surface area contributed by atoms with Crippen molar-refractivity contribution in [2.45, 2.75) is 19.2 Å². The molecule has 0 spiro atoms. The summed E-state index contributed by atoms with van der Waals surface area (Å²) in [7, 11) is -3.80. The molecule has 0 saturated heterocycles. The van der Waals surface area contributed by atoms with Crippen molar-refractivity contribution in [1.29, 1.82) is 0 Å². The average Bonchev–Trinajstić information content (AvgIpc) is 2.57. The van der Waals surface area contributed by atoms with Gasteiger partial charge in [0.1, 0.15) is 18.8 Å². The summed E-state index contributed by atoms with van der Waals surface area (Å²) in [4.78, 5) is 22.2. The largest absolute Gasteiger partial charge is 0.487 e. The highest BCUT2D eigenvalue weighted by Gasteiger charge is 2.31. The van der Waals surface area contributed by atoms with Crippen LogP contribution in [0.4, 0.5) is 24.5 Å². The van der Waals surface area contributed by atoms with Crippen molar-refractivity contribution in [2.24, 2.45) is 0 Å². The van der Waals surface area contributed by atoms with E-state index < -0.39 is 40.1 Å². The molecule has 0 bridgehead atoms. The first-order chi connectivity index (χ1) is 14.6. The van der Waals surface area contributed by atoms with Crippen molar-refractivity contribution >= 4 is 65.1 Å². The Balaban J connectivity index is 2.26. The molecular weight excluding hydrogens is 589 g/mol. The van der Waals surface area contributed by atoms with Crippen LogP contribution in [-0.4, -0.2) is 31.7 Å². The van der Waals surface area contributed by atoms with Gasteiger partial charge in [-0.2, -0.15) is 13.2 Å². The van der Waals surface area contributed by atoms with Crippen LogP contribution in [0.5, 0.6) is 5.75 Å². The predicted molar refractivity (Wildman–Crippen MR) is 117 cm³/mol. The monoisotopic (exact) mass is 602 g/mol. The summed E-state index contributed by atoms with van der Waals surface area (Å²) in [6.07, 6.45) is -4.62. The molecule has 0 unspecified atom stereocenters. The molecule has 0 fully saturated rings. The normalized spacial score (nSPS) is 11.7. The Morgan fingerprint density at radius 1 is 1.06 bits per heavy atom. The fraction of sp³-hybridized carbons (Fsp3) is 0.222. The Kier molecular flexibility index (Phi) is 8.17. The SMILES string of the molecule is CS(=O)(=O)Nc1cc(COc2c(Br)cc(NC(=O)CC(=O)O)cc2Br)cc(C(F)(F)F)c1. The number of anilines is 2. The Morgan fingerprint density at radius 3 is 2.16 bits per heavy atom. The third-order valence-electron chi connectivity index (χ3n) is 3.60. The van der Waals surface area contributed by atoms with Crippen molar-refractivity contribution in [1.82, 2.24) is 0 Å². The second-order valence-corrected chi connectivity index (χ2v) is 9.92. The maximum absolute atomic E-state index is 13.2. The van der Waals surface area contributed by atoms with Crippen LogP contribution in [0.2, 0.25) is 0 Å². The van der Waals surface area contributed by atoms with E-state index in [1.807, 2.05) is 4.72 Å². The topological polar surface area (TPSA) is 122 Å². The number of hydrogen-bond donors (Lipinski definition) is 3. The van der Waals surface area contributed by atoms with E-state index in [-0.39, 0.29) is 29.3 Å². The first-order valence-electron chi connectivity index (χ1n) is 8.46. The molecule has 0 aliphatic heterocycles. The zero-order valence-corrected chi connectivity index (χ0v) is 20.1. The fourth-order valence-corrected chi connectivity index (χ4v) is 4.44. The van der Waals surface area contributed by atoms with Crippen molar-refractivity contribution in [2.75, 3.05) is 16.3 Å². The van der Waals surface area contributed by atoms with Gasteiger partial charge in [0.05, 0.1) is 20.8 Å². The maximum atomic E-state index is 13.2. The van der Waals surface area contributed by atoms with Gasteiger partial charge >= 0.3 is 12.1 Å². The Hall–Kier alpha value is -2.32. The zero-order chi connectivity index (χ0) is 24.3. The number of benzene rings is 2. The van der Waals surface area contributed by atoms with E-state index in [0.717, 1.165) is 12.3 Å². The van der Waals surface area contributed by atoms with E-state index in [9.17, 15) is 31.2 Å². The predicted octanol–water partition coefficient (Wildman–Crippen LogP) is 4.59. The molecular formula is C18H15Br2F3N2O6S. The lowest BCUT2D eigenvalue weighted by Crippen LogP contribution is -2.16. The van der Waals surface area contributed by atoms with Crippen LogP contribution >= 0.6 is 31.9 Å². The van der Waals surface area contributed by atoms with E-state index in [0.29, 0.717) is 15.0 Å². The summed E-state index contributed by atoms with van der Waals surface area (Å²) in [5, 5.41) is 11.0. The lowest BCUT2D eigenvalue weighted by atomic mass is 10.1. The minimum Gasteiger partial charge on any atom is -0.487 e. The van der Waals surface area contributed by atoms with Gasteiger partial charge in [-0.3, -0.25) is 14.3 Å². The maximum Gasteiger partial charge on any atom is 0.416 e. The van der Waals surface area contributed by atoms with Gasteiger partial charge in [-0.05, 0) is 67.8 Å². The van der Waals surface area contributed by atoms with Crippen LogP contribution in [0.1, 0.15) is 17.5 Å². The summed E-state index contributed by atoms with van der Waals surface area (Å²) in [5.74, 6) is -1.86. The number of carbonyl (C=O) groups is 2. The number of hydrogen-bond acceptors (Lipinski definition) is 5. The van der Waals surface area contributed by atoms with Crippen molar-refractivity contribution < 1.29 is 41.0 Å². The summed E-state index contributed by atoms with van der Waals surface area (Å²) in [6.45, 7) is -0.343. The van der Waals surface area contributed by atoms with E-state index in [4.69, 9.17) is 9.84 Å². The highest BCUT2D eigenvalue weighted by atomic mass is 79.9. The zero-order valence-electron chi connectivity index (χ0n) is 16.1. The van der Waals surface area contributed by atoms with Crippen LogP contribution in [0.15, 0.2) is 39.3 Å². The smallest absolute Gasteiger partial charge is 0.416 e. The van der Waals surface area contributed by atoms with Gasteiger partial charge in [-0.1, -0.05) is 0 Å². The van der Waals surface area contributed by atoms with Gasteiger partial charge in [0, 0.05) is 11.4 Å². The molecule has 1 amide bonds. The molecule has 2 rings (SSSR count). The Bertz CT molecular complexity index is 1130. The number of amides is 1. The molecule has 0 aliphatic rings. The summed E-state index contributed by atoms with van der Waals surface area (Å²) >= 11 is 6.44. The van der Waals surface area contributed by atoms with Crippen LogP contribution in [0.25, 0.3) is 0 Å². The Morgan fingerprint density at radius 2 is 1.66 bits per heavy atom. The highest BCUT2D eigenvalue weighted by molar-refractivity contribution is 9.11. The molecule has 0 saturated carbocycles. The second kappa shape index (κ2) is 10.1. The van der Waals surface area contributed by atoms with Crippen molar-refractivity contribution in [3.63, 3.8) is 0 Å². The highest BCUT2D eigenvalue weighted by Crippen LogP contribution is 2.38.